The average molecular weight is 831 g/mol. The lowest BCUT2D eigenvalue weighted by molar-refractivity contribution is -0.167. The van der Waals surface area contributed by atoms with E-state index in [0.717, 1.165) is 77.0 Å². The molecule has 0 spiro atoms. The van der Waals surface area contributed by atoms with Gasteiger partial charge < -0.3 is 14.2 Å². The number of carbonyl (C=O) groups is 3. The minimum atomic E-state index is -0.815. The predicted molar refractivity (Wildman–Crippen MR) is 256 cm³/mol. The fourth-order valence-electron chi connectivity index (χ4n) is 6.19. The van der Waals surface area contributed by atoms with Crippen LogP contribution in [-0.4, -0.2) is 37.2 Å². The van der Waals surface area contributed by atoms with E-state index in [4.69, 9.17) is 14.2 Å². The Morgan fingerprint density at radius 1 is 0.350 bits per heavy atom. The third kappa shape index (κ3) is 45.2. The smallest absolute Gasteiger partial charge is 0.306 e. The summed E-state index contributed by atoms with van der Waals surface area (Å²) < 4.78 is 16.7. The first-order chi connectivity index (χ1) is 29.5. The van der Waals surface area contributed by atoms with Gasteiger partial charge in [-0.3, -0.25) is 14.4 Å². The molecule has 0 bridgehead atoms. The molecule has 1 unspecified atom stereocenters. The molecule has 0 fully saturated rings. The Balaban J connectivity index is 4.54. The van der Waals surface area contributed by atoms with E-state index in [1.165, 1.54) is 70.6 Å². The number of esters is 3. The molecule has 6 nitrogen and oxygen atoms in total. The molecule has 0 radical (unpaired) electrons. The van der Waals surface area contributed by atoms with E-state index in [1.807, 2.05) is 79.0 Å². The molecule has 0 heterocycles. The van der Waals surface area contributed by atoms with E-state index >= 15 is 0 Å². The van der Waals surface area contributed by atoms with Gasteiger partial charge in [0.2, 0.25) is 0 Å². The minimum Gasteiger partial charge on any atom is -0.462 e. The molecule has 0 saturated heterocycles. The molecule has 338 valence electrons. The Morgan fingerprint density at radius 2 is 0.667 bits per heavy atom. The second kappa shape index (κ2) is 47.7. The highest BCUT2D eigenvalue weighted by Gasteiger charge is 2.19. The first kappa shape index (κ1) is 56.1. The number of rotatable bonds is 41. The molecular formula is C54H86O6. The van der Waals surface area contributed by atoms with Gasteiger partial charge in [0.15, 0.2) is 6.10 Å². The second-order valence-corrected chi connectivity index (χ2v) is 15.5. The van der Waals surface area contributed by atoms with Crippen molar-refractivity contribution >= 4 is 17.9 Å². The first-order valence-corrected chi connectivity index (χ1v) is 24.0. The first-order valence-electron chi connectivity index (χ1n) is 24.0. The maximum atomic E-state index is 12.8. The Bertz CT molecular complexity index is 1280. The average Bonchev–Trinajstić information content (AvgIpc) is 3.24. The van der Waals surface area contributed by atoms with Crippen LogP contribution in [0.5, 0.6) is 0 Å². The molecule has 0 aliphatic rings. The van der Waals surface area contributed by atoms with Crippen LogP contribution in [0, 0.1) is 0 Å². The van der Waals surface area contributed by atoms with Crippen LogP contribution < -0.4 is 0 Å². The van der Waals surface area contributed by atoms with Gasteiger partial charge in [0, 0.05) is 19.3 Å². The van der Waals surface area contributed by atoms with Crippen molar-refractivity contribution in [2.45, 2.75) is 200 Å². The van der Waals surface area contributed by atoms with Gasteiger partial charge in [-0.15, -0.1) is 0 Å². The highest BCUT2D eigenvalue weighted by Crippen LogP contribution is 2.14. The lowest BCUT2D eigenvalue weighted by Gasteiger charge is -2.18. The maximum Gasteiger partial charge on any atom is 0.306 e. The predicted octanol–water partition coefficient (Wildman–Crippen LogP) is 15.6. The Morgan fingerprint density at radius 3 is 1.08 bits per heavy atom. The quantitative estimate of drug-likeness (QED) is 0.0264. The van der Waals surface area contributed by atoms with Crippen LogP contribution in [0.25, 0.3) is 0 Å². The zero-order valence-electron chi connectivity index (χ0n) is 38.4. The van der Waals surface area contributed by atoms with Crippen molar-refractivity contribution in [2.75, 3.05) is 13.2 Å². The molecule has 0 saturated carbocycles. The van der Waals surface area contributed by atoms with Crippen LogP contribution >= 0.6 is 0 Å². The van der Waals surface area contributed by atoms with Crippen LogP contribution in [-0.2, 0) is 28.6 Å². The van der Waals surface area contributed by atoms with Crippen LogP contribution in [0.3, 0.4) is 0 Å². The summed E-state index contributed by atoms with van der Waals surface area (Å²) in [5.74, 6) is -1.02. The van der Waals surface area contributed by atoms with Crippen molar-refractivity contribution in [1.29, 1.82) is 0 Å². The molecule has 0 aliphatic carbocycles. The van der Waals surface area contributed by atoms with Crippen molar-refractivity contribution in [2.24, 2.45) is 0 Å². The summed E-state index contributed by atoms with van der Waals surface area (Å²) in [5.41, 5.74) is 0. The minimum absolute atomic E-state index is 0.114. The van der Waals surface area contributed by atoms with E-state index in [2.05, 4.69) is 51.2 Å². The van der Waals surface area contributed by atoms with Gasteiger partial charge in [0.25, 0.3) is 0 Å². The van der Waals surface area contributed by atoms with Crippen molar-refractivity contribution in [3.8, 4) is 0 Å². The van der Waals surface area contributed by atoms with Gasteiger partial charge in [0.1, 0.15) is 13.2 Å². The molecular weight excluding hydrogens is 745 g/mol. The molecule has 0 aromatic heterocycles. The molecule has 0 aliphatic heterocycles. The Hall–Kier alpha value is -3.93. The molecule has 60 heavy (non-hydrogen) atoms. The van der Waals surface area contributed by atoms with Crippen LogP contribution in [0.15, 0.2) is 109 Å². The standard InChI is InChI=1S/C54H86O6/c1-4-7-10-13-16-19-22-25-27-30-32-35-38-41-44-47-53(56)59-50-51(49-58-52(55)46-43-40-37-34-31-28-24-21-18-15-12-9-6-3)60-54(57)48-45-42-39-36-33-29-26-23-20-17-14-11-8-5-2/h7,9-10,12-13,15-16,18-19,21-22,24-25,27-28,31,34,37,51H,4-6,8,11,14,17,20,23,26,29-30,32-33,35-36,38-50H2,1-3H3/b10-7-,12-9-,16-13-,18-15-,22-19-,24-21-,27-25-,31-28-,37-34-. The summed E-state index contributed by atoms with van der Waals surface area (Å²) in [5, 5.41) is 0. The van der Waals surface area contributed by atoms with E-state index in [9.17, 15) is 14.4 Å². The van der Waals surface area contributed by atoms with Crippen molar-refractivity contribution in [1.82, 2.24) is 0 Å². The molecule has 0 aromatic rings. The number of ether oxygens (including phenoxy) is 3. The topological polar surface area (TPSA) is 78.9 Å². The van der Waals surface area contributed by atoms with Crippen LogP contribution in [0.1, 0.15) is 194 Å². The van der Waals surface area contributed by atoms with Gasteiger partial charge in [-0.1, -0.05) is 233 Å². The molecule has 1 atom stereocenters. The van der Waals surface area contributed by atoms with Gasteiger partial charge in [-0.25, -0.2) is 0 Å². The normalized spacial score (nSPS) is 13.1. The number of allylic oxidation sites excluding steroid dienone is 18. The fourth-order valence-corrected chi connectivity index (χ4v) is 6.19. The summed E-state index contributed by atoms with van der Waals surface area (Å²) in [6.45, 7) is 6.25. The zero-order valence-corrected chi connectivity index (χ0v) is 38.4. The number of hydrogen-bond donors (Lipinski definition) is 0. The van der Waals surface area contributed by atoms with Crippen molar-refractivity contribution in [3.63, 3.8) is 0 Å². The summed E-state index contributed by atoms with van der Waals surface area (Å²) in [7, 11) is 0. The SMILES string of the molecule is CC\C=C/C=C\C=C/C=C\C=C/CCCC(=O)OCC(COC(=O)CCCCCCC\C=C/C=C\C=C/C=C\CC)OC(=O)CCCCCCCCCCCCCCCC. The third-order valence-electron chi connectivity index (χ3n) is 9.75. The monoisotopic (exact) mass is 831 g/mol. The van der Waals surface area contributed by atoms with Gasteiger partial charge in [0.05, 0.1) is 0 Å². The van der Waals surface area contributed by atoms with E-state index in [-0.39, 0.29) is 37.5 Å². The number of unbranched alkanes of at least 4 members (excludes halogenated alkanes) is 19. The zero-order chi connectivity index (χ0) is 43.7. The Labute approximate surface area is 368 Å². The van der Waals surface area contributed by atoms with Gasteiger partial charge in [-0.05, 0) is 51.4 Å². The van der Waals surface area contributed by atoms with Crippen LogP contribution in [0.4, 0.5) is 0 Å². The van der Waals surface area contributed by atoms with Crippen LogP contribution in [0.2, 0.25) is 0 Å². The number of hydrogen-bond acceptors (Lipinski definition) is 6. The Kier molecular flexibility index (Phi) is 44.6. The van der Waals surface area contributed by atoms with Gasteiger partial charge in [-0.2, -0.15) is 0 Å². The summed E-state index contributed by atoms with van der Waals surface area (Å²) in [4.78, 5) is 37.8. The number of carbonyl (C=O) groups excluding carboxylic acids is 3. The molecule has 0 aromatic carbocycles. The lowest BCUT2D eigenvalue weighted by Crippen LogP contribution is -2.30. The lowest BCUT2D eigenvalue weighted by atomic mass is 10.0. The second-order valence-electron chi connectivity index (χ2n) is 15.5. The summed E-state index contributed by atoms with van der Waals surface area (Å²) >= 11 is 0. The third-order valence-corrected chi connectivity index (χ3v) is 9.75. The summed E-state index contributed by atoms with van der Waals surface area (Å²) in [6, 6.07) is 0. The van der Waals surface area contributed by atoms with Crippen molar-refractivity contribution < 1.29 is 28.6 Å². The largest absolute Gasteiger partial charge is 0.462 e. The molecule has 0 rings (SSSR count). The van der Waals surface area contributed by atoms with E-state index < -0.39 is 6.10 Å². The molecule has 0 amide bonds. The fraction of sp³-hybridized carbons (Fsp3) is 0.611. The van der Waals surface area contributed by atoms with Crippen molar-refractivity contribution in [3.05, 3.63) is 109 Å². The van der Waals surface area contributed by atoms with E-state index in [0.29, 0.717) is 19.3 Å². The van der Waals surface area contributed by atoms with Gasteiger partial charge >= 0.3 is 17.9 Å². The highest BCUT2D eigenvalue weighted by atomic mass is 16.6. The summed E-state index contributed by atoms with van der Waals surface area (Å²) in [6.07, 6.45) is 63.6. The highest BCUT2D eigenvalue weighted by molar-refractivity contribution is 5.71. The maximum absolute atomic E-state index is 12.8. The molecule has 0 N–H and O–H groups in total. The van der Waals surface area contributed by atoms with E-state index in [1.54, 1.807) is 0 Å². The molecule has 6 heteroatoms.